The van der Waals surface area contributed by atoms with Crippen LogP contribution in [0.5, 0.6) is 5.75 Å². The first-order valence-corrected chi connectivity index (χ1v) is 9.38. The highest BCUT2D eigenvalue weighted by Gasteiger charge is 2.20. The molecule has 1 N–H and O–H groups in total. The predicted molar refractivity (Wildman–Crippen MR) is 102 cm³/mol. The van der Waals surface area contributed by atoms with Crippen LogP contribution in [0.15, 0.2) is 18.2 Å². The lowest BCUT2D eigenvalue weighted by atomic mass is 10.1. The van der Waals surface area contributed by atoms with Crippen molar-refractivity contribution < 1.29 is 24.1 Å². The molecule has 1 unspecified atom stereocenters. The maximum Gasteiger partial charge on any atom is 0.340 e. The lowest BCUT2D eigenvalue weighted by molar-refractivity contribution is 0.00466. The summed E-state index contributed by atoms with van der Waals surface area (Å²) in [6, 6.07) is 5.63. The van der Waals surface area contributed by atoms with E-state index in [9.17, 15) is 9.90 Å². The summed E-state index contributed by atoms with van der Waals surface area (Å²) in [6.07, 6.45) is -0.583. The summed E-state index contributed by atoms with van der Waals surface area (Å²) in [7, 11) is 1.92. The highest BCUT2D eigenvalue weighted by molar-refractivity contribution is 6.06. The Labute approximate surface area is 159 Å². The Balaban J connectivity index is 1.71. The Morgan fingerprint density at radius 3 is 2.78 bits per heavy atom. The minimum absolute atomic E-state index is 0.198. The van der Waals surface area contributed by atoms with Gasteiger partial charge >= 0.3 is 5.97 Å². The van der Waals surface area contributed by atoms with Gasteiger partial charge in [-0.2, -0.15) is 0 Å². The van der Waals surface area contributed by atoms with E-state index < -0.39 is 6.10 Å². The van der Waals surface area contributed by atoms with Crippen LogP contribution in [0.25, 0.3) is 10.9 Å². The first kappa shape index (κ1) is 19.7. The molecule has 2 heterocycles. The molecule has 1 saturated heterocycles. The van der Waals surface area contributed by atoms with Gasteiger partial charge in [0.2, 0.25) is 0 Å². The maximum absolute atomic E-state index is 12.4. The summed E-state index contributed by atoms with van der Waals surface area (Å²) in [4.78, 5) is 14.5. The lowest BCUT2D eigenvalue weighted by Gasteiger charge is -2.28. The van der Waals surface area contributed by atoms with E-state index in [4.69, 9.17) is 14.2 Å². The van der Waals surface area contributed by atoms with Crippen molar-refractivity contribution in [1.29, 1.82) is 0 Å². The third kappa shape index (κ3) is 4.43. The number of hydrogen-bond acceptors (Lipinski definition) is 6. The fourth-order valence-corrected chi connectivity index (χ4v) is 3.43. The number of esters is 1. The largest absolute Gasteiger partial charge is 0.491 e. The van der Waals surface area contributed by atoms with Gasteiger partial charge in [-0.25, -0.2) is 4.79 Å². The highest BCUT2D eigenvalue weighted by Crippen LogP contribution is 2.29. The molecule has 1 atom stereocenters. The number of ether oxygens (including phenoxy) is 3. The smallest absolute Gasteiger partial charge is 0.340 e. The fourth-order valence-electron chi connectivity index (χ4n) is 3.43. The van der Waals surface area contributed by atoms with Crippen LogP contribution in [0.1, 0.15) is 23.0 Å². The Morgan fingerprint density at radius 1 is 1.33 bits per heavy atom. The van der Waals surface area contributed by atoms with E-state index in [0.29, 0.717) is 37.7 Å². The van der Waals surface area contributed by atoms with Gasteiger partial charge in [0.05, 0.1) is 25.4 Å². The van der Waals surface area contributed by atoms with E-state index in [1.165, 1.54) is 0 Å². The Bertz CT molecular complexity index is 795. The van der Waals surface area contributed by atoms with Gasteiger partial charge in [0.25, 0.3) is 0 Å². The Hall–Kier alpha value is -2.09. The van der Waals surface area contributed by atoms with Crippen LogP contribution < -0.4 is 4.74 Å². The van der Waals surface area contributed by atoms with Crippen LogP contribution in [-0.2, 0) is 16.5 Å². The average molecular weight is 376 g/mol. The van der Waals surface area contributed by atoms with E-state index in [1.54, 1.807) is 6.92 Å². The summed E-state index contributed by atoms with van der Waals surface area (Å²) >= 11 is 0. The second-order valence-electron chi connectivity index (χ2n) is 6.80. The van der Waals surface area contributed by atoms with Crippen molar-refractivity contribution in [1.82, 2.24) is 9.47 Å². The molecule has 0 spiro atoms. The van der Waals surface area contributed by atoms with Gasteiger partial charge < -0.3 is 23.9 Å². The number of benzene rings is 1. The number of fused-ring (bicyclic) bond motifs is 1. The van der Waals surface area contributed by atoms with Crippen molar-refractivity contribution in [2.45, 2.75) is 20.0 Å². The van der Waals surface area contributed by atoms with Crippen LogP contribution in [0.3, 0.4) is 0 Å². The maximum atomic E-state index is 12.4. The molecule has 0 bridgehead atoms. The van der Waals surface area contributed by atoms with E-state index in [0.717, 1.165) is 29.7 Å². The fraction of sp³-hybridized carbons (Fsp3) is 0.550. The van der Waals surface area contributed by atoms with Gasteiger partial charge in [0, 0.05) is 43.3 Å². The van der Waals surface area contributed by atoms with Crippen LogP contribution in [0.4, 0.5) is 0 Å². The lowest BCUT2D eigenvalue weighted by Crippen LogP contribution is -2.42. The highest BCUT2D eigenvalue weighted by atomic mass is 16.5. The Morgan fingerprint density at radius 2 is 2.07 bits per heavy atom. The first-order chi connectivity index (χ1) is 13.0. The number of hydrogen-bond donors (Lipinski definition) is 1. The van der Waals surface area contributed by atoms with E-state index in [1.807, 2.05) is 36.7 Å². The van der Waals surface area contributed by atoms with Crippen LogP contribution >= 0.6 is 0 Å². The van der Waals surface area contributed by atoms with Crippen molar-refractivity contribution in [2.75, 3.05) is 46.1 Å². The first-order valence-electron chi connectivity index (χ1n) is 9.38. The number of morpholine rings is 1. The average Bonchev–Trinajstić information content (AvgIpc) is 2.91. The van der Waals surface area contributed by atoms with Gasteiger partial charge in [-0.1, -0.05) is 0 Å². The van der Waals surface area contributed by atoms with Crippen molar-refractivity contribution >= 4 is 16.9 Å². The molecule has 3 rings (SSSR count). The number of aromatic nitrogens is 1. The number of aliphatic hydroxyl groups excluding tert-OH is 1. The summed E-state index contributed by atoms with van der Waals surface area (Å²) in [5.41, 5.74) is 2.36. The topological polar surface area (TPSA) is 73.2 Å². The molecule has 27 heavy (non-hydrogen) atoms. The van der Waals surface area contributed by atoms with Crippen molar-refractivity contribution in [3.05, 3.63) is 29.5 Å². The number of aryl methyl sites for hydroxylation is 1. The molecule has 1 aromatic carbocycles. The van der Waals surface area contributed by atoms with Crippen LogP contribution in [-0.4, -0.2) is 72.7 Å². The van der Waals surface area contributed by atoms with Gasteiger partial charge in [0.15, 0.2) is 0 Å². The van der Waals surface area contributed by atoms with Gasteiger partial charge in [-0.15, -0.1) is 0 Å². The summed E-state index contributed by atoms with van der Waals surface area (Å²) < 4.78 is 18.3. The zero-order chi connectivity index (χ0) is 19.4. The molecule has 1 aromatic heterocycles. The van der Waals surface area contributed by atoms with Crippen LogP contribution in [0.2, 0.25) is 0 Å². The number of rotatable bonds is 7. The summed E-state index contributed by atoms with van der Waals surface area (Å²) in [5.74, 6) is 0.296. The predicted octanol–water partition coefficient (Wildman–Crippen LogP) is 1.74. The molecule has 0 aliphatic carbocycles. The van der Waals surface area contributed by atoms with Crippen LogP contribution in [0, 0.1) is 6.92 Å². The molecular weight excluding hydrogens is 348 g/mol. The third-order valence-electron chi connectivity index (χ3n) is 4.96. The molecular formula is C20H28N2O5. The van der Waals surface area contributed by atoms with Gasteiger partial charge in [-0.3, -0.25) is 4.90 Å². The molecule has 0 saturated carbocycles. The number of carbonyl (C=O) groups is 1. The van der Waals surface area contributed by atoms with Crippen molar-refractivity contribution in [2.24, 2.45) is 7.05 Å². The zero-order valence-electron chi connectivity index (χ0n) is 16.2. The standard InChI is InChI=1S/C20H28N2O5/c1-4-26-20(24)19-14(2)21(3)18-6-5-16(11-17(18)19)27-13-15(23)12-22-7-9-25-10-8-22/h5-6,11,15,23H,4,7-10,12-13H2,1-3H3. The summed E-state index contributed by atoms with van der Waals surface area (Å²) in [6.45, 7) is 7.85. The quantitative estimate of drug-likeness (QED) is 0.742. The normalized spacial score (nSPS) is 16.4. The van der Waals surface area contributed by atoms with Crippen molar-refractivity contribution in [3.63, 3.8) is 0 Å². The van der Waals surface area contributed by atoms with E-state index in [2.05, 4.69) is 4.90 Å². The SMILES string of the molecule is CCOC(=O)c1c(C)n(C)c2ccc(OCC(O)CN3CCOCC3)cc12. The molecule has 0 radical (unpaired) electrons. The van der Waals surface area contributed by atoms with Gasteiger partial charge in [0.1, 0.15) is 18.5 Å². The second-order valence-corrected chi connectivity index (χ2v) is 6.80. The number of aliphatic hydroxyl groups is 1. The third-order valence-corrected chi connectivity index (χ3v) is 4.96. The van der Waals surface area contributed by atoms with Crippen molar-refractivity contribution in [3.8, 4) is 5.75 Å². The second kappa shape index (κ2) is 8.73. The van der Waals surface area contributed by atoms with E-state index >= 15 is 0 Å². The molecule has 0 amide bonds. The molecule has 1 fully saturated rings. The molecule has 7 heteroatoms. The molecule has 1 aliphatic rings. The minimum Gasteiger partial charge on any atom is -0.491 e. The molecule has 2 aromatic rings. The number of carbonyl (C=O) groups excluding carboxylic acids is 1. The number of β-amino-alcohol motifs (C(OH)–C–C–N with tert-alkyl or cyclic N) is 1. The number of nitrogens with zero attached hydrogens (tertiary/aromatic N) is 2. The molecule has 7 nitrogen and oxygen atoms in total. The minimum atomic E-state index is -0.583. The monoisotopic (exact) mass is 376 g/mol. The Kier molecular flexibility index (Phi) is 6.36. The van der Waals surface area contributed by atoms with E-state index in [-0.39, 0.29) is 12.6 Å². The summed E-state index contributed by atoms with van der Waals surface area (Å²) in [5, 5.41) is 11.1. The molecule has 1 aliphatic heterocycles. The van der Waals surface area contributed by atoms with Gasteiger partial charge in [-0.05, 0) is 32.0 Å². The zero-order valence-corrected chi connectivity index (χ0v) is 16.2. The molecule has 148 valence electrons.